The molecule has 0 aliphatic carbocycles. The standard InChI is InChI=1S/C10H10Br2FNO/c1-6(5-11)14-10(15)8-4-7(12)2-3-9(8)13/h2-4,6H,5H2,1H3,(H,14,15). The van der Waals surface area contributed by atoms with Gasteiger partial charge in [0.2, 0.25) is 0 Å². The van der Waals surface area contributed by atoms with Crippen LogP contribution < -0.4 is 5.32 Å². The monoisotopic (exact) mass is 337 g/mol. The van der Waals surface area contributed by atoms with E-state index in [-0.39, 0.29) is 11.6 Å². The SMILES string of the molecule is CC(CBr)NC(=O)c1cc(Br)ccc1F. The van der Waals surface area contributed by atoms with Crippen molar-refractivity contribution in [2.45, 2.75) is 13.0 Å². The summed E-state index contributed by atoms with van der Waals surface area (Å²) < 4.78 is 14.0. The predicted octanol–water partition coefficient (Wildman–Crippen LogP) is 3.10. The topological polar surface area (TPSA) is 29.1 Å². The third kappa shape index (κ3) is 3.57. The van der Waals surface area contributed by atoms with E-state index in [1.165, 1.54) is 12.1 Å². The molecule has 0 spiro atoms. The molecule has 1 unspecified atom stereocenters. The Morgan fingerprint density at radius 2 is 2.27 bits per heavy atom. The first kappa shape index (κ1) is 12.6. The second kappa shape index (κ2) is 5.61. The molecule has 0 radical (unpaired) electrons. The summed E-state index contributed by atoms with van der Waals surface area (Å²) in [6.45, 7) is 1.84. The van der Waals surface area contributed by atoms with Gasteiger partial charge in [-0.1, -0.05) is 31.9 Å². The maximum atomic E-state index is 13.3. The van der Waals surface area contributed by atoms with Crippen LogP contribution >= 0.6 is 31.9 Å². The number of rotatable bonds is 3. The van der Waals surface area contributed by atoms with Gasteiger partial charge in [0.15, 0.2) is 0 Å². The Bertz CT molecular complexity index is 370. The van der Waals surface area contributed by atoms with Gasteiger partial charge in [-0.2, -0.15) is 0 Å². The van der Waals surface area contributed by atoms with Crippen LogP contribution in [0.2, 0.25) is 0 Å². The third-order valence-electron chi connectivity index (χ3n) is 1.78. The molecule has 0 saturated carbocycles. The zero-order chi connectivity index (χ0) is 11.4. The summed E-state index contributed by atoms with van der Waals surface area (Å²) >= 11 is 6.42. The van der Waals surface area contributed by atoms with Crippen molar-refractivity contribution in [3.8, 4) is 0 Å². The van der Waals surface area contributed by atoms with Gasteiger partial charge in [0.1, 0.15) is 5.82 Å². The summed E-state index contributed by atoms with van der Waals surface area (Å²) in [4.78, 5) is 11.6. The van der Waals surface area contributed by atoms with E-state index < -0.39 is 11.7 Å². The summed E-state index contributed by atoms with van der Waals surface area (Å²) in [6, 6.07) is 4.25. The molecule has 5 heteroatoms. The Morgan fingerprint density at radius 1 is 1.60 bits per heavy atom. The number of carbonyl (C=O) groups is 1. The second-order valence-corrected chi connectivity index (χ2v) is 4.72. The minimum Gasteiger partial charge on any atom is -0.349 e. The fourth-order valence-corrected chi connectivity index (χ4v) is 1.53. The molecule has 0 aliphatic rings. The molecule has 0 heterocycles. The molecule has 15 heavy (non-hydrogen) atoms. The van der Waals surface area contributed by atoms with Gasteiger partial charge in [-0.15, -0.1) is 0 Å². The lowest BCUT2D eigenvalue weighted by Crippen LogP contribution is -2.34. The maximum absolute atomic E-state index is 13.3. The molecule has 2 nitrogen and oxygen atoms in total. The quantitative estimate of drug-likeness (QED) is 0.843. The van der Waals surface area contributed by atoms with Crippen LogP contribution in [0.5, 0.6) is 0 Å². The van der Waals surface area contributed by atoms with E-state index in [0.29, 0.717) is 9.80 Å². The minimum atomic E-state index is -0.516. The first-order valence-electron chi connectivity index (χ1n) is 4.36. The van der Waals surface area contributed by atoms with Gasteiger partial charge >= 0.3 is 0 Å². The van der Waals surface area contributed by atoms with E-state index in [9.17, 15) is 9.18 Å². The first-order valence-corrected chi connectivity index (χ1v) is 6.28. The van der Waals surface area contributed by atoms with Crippen LogP contribution in [-0.2, 0) is 0 Å². The number of benzene rings is 1. The molecule has 82 valence electrons. The zero-order valence-electron chi connectivity index (χ0n) is 8.06. The molecule has 1 amide bonds. The van der Waals surface area contributed by atoms with E-state index in [1.807, 2.05) is 6.92 Å². The lowest BCUT2D eigenvalue weighted by molar-refractivity contribution is 0.0940. The molecule has 0 saturated heterocycles. The number of nitrogens with one attached hydrogen (secondary N) is 1. The second-order valence-electron chi connectivity index (χ2n) is 3.15. The number of hydrogen-bond acceptors (Lipinski definition) is 1. The molecule has 0 fully saturated rings. The summed E-state index contributed by atoms with van der Waals surface area (Å²) in [6.07, 6.45) is 0. The molecule has 0 aliphatic heterocycles. The van der Waals surface area contributed by atoms with Crippen LogP contribution in [0.3, 0.4) is 0 Å². The van der Waals surface area contributed by atoms with Crippen molar-refractivity contribution in [3.05, 3.63) is 34.1 Å². The van der Waals surface area contributed by atoms with Crippen LogP contribution in [0.15, 0.2) is 22.7 Å². The van der Waals surface area contributed by atoms with Gasteiger partial charge in [-0.05, 0) is 25.1 Å². The van der Waals surface area contributed by atoms with Crippen molar-refractivity contribution in [3.63, 3.8) is 0 Å². The van der Waals surface area contributed by atoms with Crippen molar-refractivity contribution in [1.82, 2.24) is 5.32 Å². The van der Waals surface area contributed by atoms with E-state index in [0.717, 1.165) is 0 Å². The van der Waals surface area contributed by atoms with E-state index in [4.69, 9.17) is 0 Å². The lowest BCUT2D eigenvalue weighted by atomic mass is 10.2. The van der Waals surface area contributed by atoms with Crippen LogP contribution in [0, 0.1) is 5.82 Å². The number of alkyl halides is 1. The molecular weight excluding hydrogens is 329 g/mol. The summed E-state index contributed by atoms with van der Waals surface area (Å²) in [5.41, 5.74) is 0.0529. The minimum absolute atomic E-state index is 0.0316. The molecule has 1 N–H and O–H groups in total. The van der Waals surface area contributed by atoms with E-state index in [2.05, 4.69) is 37.2 Å². The molecule has 0 aromatic heterocycles. The predicted molar refractivity (Wildman–Crippen MR) is 64.8 cm³/mol. The van der Waals surface area contributed by atoms with Gasteiger partial charge in [0.05, 0.1) is 5.56 Å². The van der Waals surface area contributed by atoms with Gasteiger partial charge in [-0.25, -0.2) is 4.39 Å². The first-order chi connectivity index (χ1) is 7.04. The van der Waals surface area contributed by atoms with Crippen LogP contribution in [0.4, 0.5) is 4.39 Å². The van der Waals surface area contributed by atoms with Crippen molar-refractivity contribution in [2.75, 3.05) is 5.33 Å². The highest BCUT2D eigenvalue weighted by Crippen LogP contribution is 2.15. The van der Waals surface area contributed by atoms with Crippen LogP contribution in [-0.4, -0.2) is 17.3 Å². The highest BCUT2D eigenvalue weighted by atomic mass is 79.9. The number of halogens is 3. The fourth-order valence-electron chi connectivity index (χ4n) is 1.01. The Kier molecular flexibility index (Phi) is 4.73. The van der Waals surface area contributed by atoms with Crippen molar-refractivity contribution >= 4 is 37.8 Å². The molecule has 1 rings (SSSR count). The molecule has 1 aromatic rings. The highest BCUT2D eigenvalue weighted by molar-refractivity contribution is 9.10. The van der Waals surface area contributed by atoms with Gasteiger partial charge < -0.3 is 5.32 Å². The maximum Gasteiger partial charge on any atom is 0.254 e. The average Bonchev–Trinajstić information content (AvgIpc) is 2.21. The van der Waals surface area contributed by atoms with Crippen LogP contribution in [0.1, 0.15) is 17.3 Å². The molecule has 1 aromatic carbocycles. The highest BCUT2D eigenvalue weighted by Gasteiger charge is 2.13. The van der Waals surface area contributed by atoms with Gasteiger partial charge in [-0.3, -0.25) is 4.79 Å². The van der Waals surface area contributed by atoms with E-state index >= 15 is 0 Å². The number of carbonyl (C=O) groups excluding carboxylic acids is 1. The average molecular weight is 339 g/mol. The van der Waals surface area contributed by atoms with E-state index in [1.54, 1.807) is 6.07 Å². The molecular formula is C10H10Br2FNO. The van der Waals surface area contributed by atoms with Crippen molar-refractivity contribution < 1.29 is 9.18 Å². The zero-order valence-corrected chi connectivity index (χ0v) is 11.2. The van der Waals surface area contributed by atoms with Crippen molar-refractivity contribution in [2.24, 2.45) is 0 Å². The summed E-state index contributed by atoms with van der Waals surface area (Å²) in [5.74, 6) is -0.918. The van der Waals surface area contributed by atoms with Crippen molar-refractivity contribution in [1.29, 1.82) is 0 Å². The van der Waals surface area contributed by atoms with Crippen LogP contribution in [0.25, 0.3) is 0 Å². The summed E-state index contributed by atoms with van der Waals surface area (Å²) in [7, 11) is 0. The Morgan fingerprint density at radius 3 is 2.87 bits per heavy atom. The Hall–Kier alpha value is -0.420. The largest absolute Gasteiger partial charge is 0.349 e. The Labute approximate surface area is 105 Å². The van der Waals surface area contributed by atoms with Gasteiger partial charge in [0.25, 0.3) is 5.91 Å². The fraction of sp³-hybridized carbons (Fsp3) is 0.300. The Balaban J connectivity index is 2.86. The lowest BCUT2D eigenvalue weighted by Gasteiger charge is -2.11. The smallest absolute Gasteiger partial charge is 0.254 e. The molecule has 0 bridgehead atoms. The van der Waals surface area contributed by atoms with Gasteiger partial charge in [0, 0.05) is 15.8 Å². The number of hydrogen-bond donors (Lipinski definition) is 1. The third-order valence-corrected chi connectivity index (χ3v) is 3.25. The summed E-state index contributed by atoms with van der Waals surface area (Å²) in [5, 5.41) is 3.30. The number of amides is 1. The molecule has 1 atom stereocenters. The normalized spacial score (nSPS) is 12.3.